The Labute approximate surface area is 222 Å². The first-order valence-electron chi connectivity index (χ1n) is 11.6. The Morgan fingerprint density at radius 1 is 0.973 bits per heavy atom. The standard InChI is InChI=1S/C28H27ClN4O3S/c1-20-9-13-26(14-10-20)33-21(2)17-23(22(33)3)18-30-31-28(34)19-32(25-15-11-24(29)12-16-25)37(35,36)27-7-5-4-6-8-27/h4-18H,19H2,1-3H3,(H,31,34)/b30-18-. The molecule has 4 aromatic rings. The number of hydrogen-bond acceptors (Lipinski definition) is 4. The van der Waals surface area contributed by atoms with Crippen molar-refractivity contribution < 1.29 is 13.2 Å². The van der Waals surface area contributed by atoms with Crippen LogP contribution in [0.25, 0.3) is 5.69 Å². The van der Waals surface area contributed by atoms with E-state index in [1.165, 1.54) is 17.7 Å². The molecule has 0 saturated carbocycles. The van der Waals surface area contributed by atoms with E-state index in [0.29, 0.717) is 10.7 Å². The number of aromatic nitrogens is 1. The SMILES string of the molecule is Cc1ccc(-n2c(C)cc(/C=N\NC(=O)CN(c3ccc(Cl)cc3)S(=O)(=O)c3ccccc3)c2C)cc1. The molecular formula is C28H27ClN4O3S. The molecule has 9 heteroatoms. The number of benzene rings is 3. The van der Waals surface area contributed by atoms with Gasteiger partial charge in [0.05, 0.1) is 16.8 Å². The predicted octanol–water partition coefficient (Wildman–Crippen LogP) is 5.40. The van der Waals surface area contributed by atoms with Crippen LogP contribution < -0.4 is 9.73 Å². The summed E-state index contributed by atoms with van der Waals surface area (Å²) in [6, 6.07) is 24.4. The first kappa shape index (κ1) is 26.2. The highest BCUT2D eigenvalue weighted by Gasteiger charge is 2.27. The van der Waals surface area contributed by atoms with E-state index < -0.39 is 22.5 Å². The van der Waals surface area contributed by atoms with Crippen LogP contribution in [0.15, 0.2) is 94.9 Å². The van der Waals surface area contributed by atoms with Crippen LogP contribution in [0.5, 0.6) is 0 Å². The summed E-state index contributed by atoms with van der Waals surface area (Å²) in [6.07, 6.45) is 1.56. The molecule has 0 aliphatic carbocycles. The number of nitrogens with one attached hydrogen (secondary N) is 1. The molecule has 1 heterocycles. The Balaban J connectivity index is 1.53. The topological polar surface area (TPSA) is 83.8 Å². The van der Waals surface area contributed by atoms with Crippen LogP contribution in [-0.4, -0.2) is 31.7 Å². The molecule has 4 rings (SSSR count). The molecule has 0 aliphatic rings. The zero-order chi connectivity index (χ0) is 26.6. The number of hydrazone groups is 1. The van der Waals surface area contributed by atoms with Crippen molar-refractivity contribution in [2.45, 2.75) is 25.7 Å². The molecule has 0 aliphatic heterocycles. The first-order valence-corrected chi connectivity index (χ1v) is 13.4. The number of carbonyl (C=O) groups excluding carboxylic acids is 1. The molecule has 37 heavy (non-hydrogen) atoms. The number of aryl methyl sites for hydroxylation is 2. The van der Waals surface area contributed by atoms with E-state index in [1.807, 2.05) is 26.8 Å². The lowest BCUT2D eigenvalue weighted by atomic mass is 10.2. The van der Waals surface area contributed by atoms with Crippen LogP contribution in [0.2, 0.25) is 5.02 Å². The number of amides is 1. The maximum atomic E-state index is 13.4. The van der Waals surface area contributed by atoms with Gasteiger partial charge in [0.25, 0.3) is 15.9 Å². The Kier molecular flexibility index (Phi) is 7.80. The summed E-state index contributed by atoms with van der Waals surface area (Å²) >= 11 is 5.98. The lowest BCUT2D eigenvalue weighted by molar-refractivity contribution is -0.119. The number of carbonyl (C=O) groups is 1. The largest absolute Gasteiger partial charge is 0.318 e. The summed E-state index contributed by atoms with van der Waals surface area (Å²) in [5.41, 5.74) is 7.82. The highest BCUT2D eigenvalue weighted by atomic mass is 35.5. The Bertz CT molecular complexity index is 1530. The van der Waals surface area contributed by atoms with Gasteiger partial charge < -0.3 is 4.57 Å². The van der Waals surface area contributed by atoms with E-state index in [0.717, 1.165) is 26.9 Å². The molecule has 190 valence electrons. The van der Waals surface area contributed by atoms with Crippen molar-refractivity contribution in [1.82, 2.24) is 9.99 Å². The first-order chi connectivity index (χ1) is 17.7. The molecule has 0 saturated heterocycles. The molecule has 1 N–H and O–H groups in total. The third-order valence-corrected chi connectivity index (χ3v) is 7.93. The van der Waals surface area contributed by atoms with Crippen molar-refractivity contribution in [3.8, 4) is 5.69 Å². The average molecular weight is 535 g/mol. The molecule has 1 amide bonds. The van der Waals surface area contributed by atoms with Gasteiger partial charge in [-0.3, -0.25) is 9.10 Å². The van der Waals surface area contributed by atoms with Gasteiger partial charge in [-0.25, -0.2) is 13.8 Å². The van der Waals surface area contributed by atoms with Crippen molar-refractivity contribution in [3.63, 3.8) is 0 Å². The fourth-order valence-electron chi connectivity index (χ4n) is 3.99. The van der Waals surface area contributed by atoms with Crippen LogP contribution in [0.1, 0.15) is 22.5 Å². The number of nitrogens with zero attached hydrogens (tertiary/aromatic N) is 3. The van der Waals surface area contributed by atoms with Crippen molar-refractivity contribution in [2.24, 2.45) is 5.10 Å². The molecule has 3 aromatic carbocycles. The minimum atomic E-state index is -4.01. The Morgan fingerprint density at radius 3 is 2.27 bits per heavy atom. The van der Waals surface area contributed by atoms with E-state index in [4.69, 9.17) is 11.6 Å². The zero-order valence-electron chi connectivity index (χ0n) is 20.7. The third-order valence-electron chi connectivity index (χ3n) is 5.89. The molecular weight excluding hydrogens is 508 g/mol. The number of rotatable bonds is 8. The second-order valence-electron chi connectivity index (χ2n) is 8.59. The van der Waals surface area contributed by atoms with Crippen molar-refractivity contribution in [1.29, 1.82) is 0 Å². The highest BCUT2D eigenvalue weighted by Crippen LogP contribution is 2.25. The van der Waals surface area contributed by atoms with E-state index in [-0.39, 0.29) is 4.90 Å². The molecule has 0 atom stereocenters. The van der Waals surface area contributed by atoms with Gasteiger partial charge in [-0.15, -0.1) is 0 Å². The smallest absolute Gasteiger partial charge is 0.264 e. The van der Waals surface area contributed by atoms with Crippen LogP contribution in [-0.2, 0) is 14.8 Å². The summed E-state index contributed by atoms with van der Waals surface area (Å²) in [6.45, 7) is 5.56. The van der Waals surface area contributed by atoms with Gasteiger partial charge in [-0.05, 0) is 75.4 Å². The number of hydrogen-bond donors (Lipinski definition) is 1. The van der Waals surface area contributed by atoms with E-state index in [1.54, 1.807) is 48.7 Å². The maximum Gasteiger partial charge on any atom is 0.264 e. The predicted molar refractivity (Wildman–Crippen MR) is 148 cm³/mol. The van der Waals surface area contributed by atoms with Crippen molar-refractivity contribution >= 4 is 39.4 Å². The van der Waals surface area contributed by atoms with Gasteiger partial charge in [0.1, 0.15) is 6.54 Å². The molecule has 0 spiro atoms. The zero-order valence-corrected chi connectivity index (χ0v) is 22.3. The third kappa shape index (κ3) is 5.93. The van der Waals surface area contributed by atoms with Crippen LogP contribution in [0.4, 0.5) is 5.69 Å². The minimum absolute atomic E-state index is 0.0739. The normalized spacial score (nSPS) is 11.6. The van der Waals surface area contributed by atoms with E-state index in [2.05, 4.69) is 39.4 Å². The van der Waals surface area contributed by atoms with Crippen LogP contribution in [0, 0.1) is 20.8 Å². The fraction of sp³-hybridized carbons (Fsp3) is 0.143. The summed E-state index contributed by atoms with van der Waals surface area (Å²) in [5.74, 6) is -0.585. The molecule has 0 bridgehead atoms. The van der Waals surface area contributed by atoms with Crippen LogP contribution in [0.3, 0.4) is 0 Å². The van der Waals surface area contributed by atoms with Gasteiger partial charge in [-0.1, -0.05) is 47.5 Å². The molecule has 7 nitrogen and oxygen atoms in total. The average Bonchev–Trinajstić information content (AvgIpc) is 3.17. The molecule has 1 aromatic heterocycles. The summed E-state index contributed by atoms with van der Waals surface area (Å²) < 4.78 is 29.9. The summed E-state index contributed by atoms with van der Waals surface area (Å²) in [4.78, 5) is 12.9. The Hall–Kier alpha value is -3.88. The summed E-state index contributed by atoms with van der Waals surface area (Å²) in [7, 11) is -4.01. The van der Waals surface area contributed by atoms with Gasteiger partial charge in [0.2, 0.25) is 0 Å². The van der Waals surface area contributed by atoms with E-state index in [9.17, 15) is 13.2 Å². The highest BCUT2D eigenvalue weighted by molar-refractivity contribution is 7.92. The van der Waals surface area contributed by atoms with Crippen molar-refractivity contribution in [3.05, 3.63) is 112 Å². The number of sulfonamides is 1. The quantitative estimate of drug-likeness (QED) is 0.242. The lowest BCUT2D eigenvalue weighted by Crippen LogP contribution is -2.39. The van der Waals surface area contributed by atoms with E-state index >= 15 is 0 Å². The van der Waals surface area contributed by atoms with Gasteiger partial charge in [0.15, 0.2) is 0 Å². The fourth-order valence-corrected chi connectivity index (χ4v) is 5.56. The number of anilines is 1. The van der Waals surface area contributed by atoms with Crippen molar-refractivity contribution in [2.75, 3.05) is 10.8 Å². The van der Waals surface area contributed by atoms with Gasteiger partial charge >= 0.3 is 0 Å². The Morgan fingerprint density at radius 2 is 1.62 bits per heavy atom. The monoisotopic (exact) mass is 534 g/mol. The minimum Gasteiger partial charge on any atom is -0.318 e. The summed E-state index contributed by atoms with van der Waals surface area (Å²) in [5, 5.41) is 4.56. The molecule has 0 radical (unpaired) electrons. The lowest BCUT2D eigenvalue weighted by Gasteiger charge is -2.23. The second-order valence-corrected chi connectivity index (χ2v) is 10.9. The molecule has 0 unspecified atom stereocenters. The van der Waals surface area contributed by atoms with Crippen LogP contribution >= 0.6 is 11.6 Å². The van der Waals surface area contributed by atoms with Gasteiger partial charge in [0, 0.05) is 27.7 Å². The maximum absolute atomic E-state index is 13.4. The van der Waals surface area contributed by atoms with Gasteiger partial charge in [-0.2, -0.15) is 5.10 Å². The molecule has 0 fully saturated rings. The number of halogens is 1. The second kappa shape index (κ2) is 11.0.